The highest BCUT2D eigenvalue weighted by Crippen LogP contribution is 2.16. The van der Waals surface area contributed by atoms with E-state index in [0.29, 0.717) is 5.92 Å². The molecule has 1 aromatic rings. The standard InChI is InChI=1S/C12H20N2S/c1-5-13-7-11(9(2)3)6-12-8-15-10(4)14-12/h6,8-9,13H,5,7H2,1-4H3. The normalized spacial score (nSPS) is 12.5. The zero-order valence-electron chi connectivity index (χ0n) is 10.0. The number of likely N-dealkylation sites (N-methyl/N-ethyl adjacent to an activating group) is 1. The first-order valence-corrected chi connectivity index (χ1v) is 6.34. The molecule has 84 valence electrons. The monoisotopic (exact) mass is 224 g/mol. The van der Waals surface area contributed by atoms with Gasteiger partial charge < -0.3 is 5.32 Å². The van der Waals surface area contributed by atoms with Crippen LogP contribution in [-0.4, -0.2) is 18.1 Å². The highest BCUT2D eigenvalue weighted by molar-refractivity contribution is 7.09. The van der Waals surface area contributed by atoms with Crippen molar-refractivity contribution in [2.24, 2.45) is 5.92 Å². The second-order valence-electron chi connectivity index (χ2n) is 3.95. The van der Waals surface area contributed by atoms with Crippen molar-refractivity contribution >= 4 is 17.4 Å². The van der Waals surface area contributed by atoms with Gasteiger partial charge in [0, 0.05) is 11.9 Å². The van der Waals surface area contributed by atoms with Crippen molar-refractivity contribution in [3.05, 3.63) is 21.7 Å². The van der Waals surface area contributed by atoms with Gasteiger partial charge in [-0.15, -0.1) is 11.3 Å². The van der Waals surface area contributed by atoms with Gasteiger partial charge in [-0.2, -0.15) is 0 Å². The molecule has 0 atom stereocenters. The summed E-state index contributed by atoms with van der Waals surface area (Å²) in [5, 5.41) is 6.61. The van der Waals surface area contributed by atoms with E-state index in [4.69, 9.17) is 0 Å². The maximum Gasteiger partial charge on any atom is 0.0901 e. The van der Waals surface area contributed by atoms with Gasteiger partial charge in [0.25, 0.3) is 0 Å². The van der Waals surface area contributed by atoms with Gasteiger partial charge in [0.1, 0.15) is 0 Å². The van der Waals surface area contributed by atoms with Crippen molar-refractivity contribution < 1.29 is 0 Å². The molecule has 1 heterocycles. The Labute approximate surface area is 96.4 Å². The molecule has 0 aliphatic carbocycles. The van der Waals surface area contributed by atoms with E-state index in [0.717, 1.165) is 23.8 Å². The molecule has 15 heavy (non-hydrogen) atoms. The highest BCUT2D eigenvalue weighted by Gasteiger charge is 2.04. The molecule has 1 rings (SSSR count). The van der Waals surface area contributed by atoms with Crippen LogP contribution < -0.4 is 5.32 Å². The maximum absolute atomic E-state index is 4.46. The van der Waals surface area contributed by atoms with Crippen molar-refractivity contribution in [2.45, 2.75) is 27.7 Å². The van der Waals surface area contributed by atoms with Crippen molar-refractivity contribution in [3.8, 4) is 0 Å². The average Bonchev–Trinajstić information content (AvgIpc) is 2.58. The van der Waals surface area contributed by atoms with Crippen LogP contribution in [0.2, 0.25) is 0 Å². The molecule has 0 saturated heterocycles. The topological polar surface area (TPSA) is 24.9 Å². The fraction of sp³-hybridized carbons (Fsp3) is 0.583. The Morgan fingerprint density at radius 3 is 2.80 bits per heavy atom. The Balaban J connectivity index is 2.74. The minimum absolute atomic E-state index is 0.575. The maximum atomic E-state index is 4.46. The summed E-state index contributed by atoms with van der Waals surface area (Å²) in [6.07, 6.45) is 2.21. The van der Waals surface area contributed by atoms with Crippen LogP contribution in [0.25, 0.3) is 6.08 Å². The van der Waals surface area contributed by atoms with Crippen molar-refractivity contribution in [1.29, 1.82) is 0 Å². The van der Waals surface area contributed by atoms with Gasteiger partial charge in [-0.3, -0.25) is 0 Å². The third kappa shape index (κ3) is 4.14. The second-order valence-corrected chi connectivity index (χ2v) is 5.01. The van der Waals surface area contributed by atoms with E-state index in [1.54, 1.807) is 11.3 Å². The number of hydrogen-bond donors (Lipinski definition) is 1. The number of nitrogens with zero attached hydrogens (tertiary/aromatic N) is 1. The number of rotatable bonds is 5. The lowest BCUT2D eigenvalue weighted by atomic mass is 10.0. The molecule has 0 amide bonds. The van der Waals surface area contributed by atoms with E-state index in [2.05, 4.69) is 42.5 Å². The summed E-state index contributed by atoms with van der Waals surface area (Å²) in [5.74, 6) is 0.575. The number of nitrogens with one attached hydrogen (secondary N) is 1. The van der Waals surface area contributed by atoms with Gasteiger partial charge in [-0.1, -0.05) is 26.3 Å². The van der Waals surface area contributed by atoms with Gasteiger partial charge in [-0.25, -0.2) is 4.98 Å². The summed E-state index contributed by atoms with van der Waals surface area (Å²) in [6, 6.07) is 0. The second kappa shape index (κ2) is 6.03. The molecule has 1 aromatic heterocycles. The van der Waals surface area contributed by atoms with Gasteiger partial charge in [0.15, 0.2) is 0 Å². The zero-order valence-corrected chi connectivity index (χ0v) is 10.8. The van der Waals surface area contributed by atoms with Crippen LogP contribution >= 0.6 is 11.3 Å². The van der Waals surface area contributed by atoms with E-state index in [1.165, 1.54) is 5.57 Å². The number of aryl methyl sites for hydroxylation is 1. The molecule has 0 saturated carbocycles. The Morgan fingerprint density at radius 2 is 2.33 bits per heavy atom. The lowest BCUT2D eigenvalue weighted by molar-refractivity contribution is 0.682. The minimum atomic E-state index is 0.575. The van der Waals surface area contributed by atoms with Crippen LogP contribution in [0.1, 0.15) is 31.5 Å². The number of hydrogen-bond acceptors (Lipinski definition) is 3. The molecule has 0 aliphatic rings. The van der Waals surface area contributed by atoms with E-state index in [9.17, 15) is 0 Å². The molecule has 0 unspecified atom stereocenters. The Morgan fingerprint density at radius 1 is 1.60 bits per heavy atom. The lowest BCUT2D eigenvalue weighted by Gasteiger charge is -2.11. The molecule has 0 aliphatic heterocycles. The number of aromatic nitrogens is 1. The predicted molar refractivity (Wildman–Crippen MR) is 68.2 cm³/mol. The van der Waals surface area contributed by atoms with Crippen molar-refractivity contribution in [1.82, 2.24) is 10.3 Å². The summed E-state index contributed by atoms with van der Waals surface area (Å²) < 4.78 is 0. The van der Waals surface area contributed by atoms with Crippen LogP contribution in [-0.2, 0) is 0 Å². The number of thiazole rings is 1. The van der Waals surface area contributed by atoms with E-state index in [1.807, 2.05) is 6.92 Å². The van der Waals surface area contributed by atoms with E-state index in [-0.39, 0.29) is 0 Å². The largest absolute Gasteiger partial charge is 0.313 e. The quantitative estimate of drug-likeness (QED) is 0.831. The molecule has 0 spiro atoms. The molecule has 0 aromatic carbocycles. The zero-order chi connectivity index (χ0) is 11.3. The van der Waals surface area contributed by atoms with Crippen LogP contribution in [0.15, 0.2) is 11.0 Å². The Kier molecular flexibility index (Phi) is 4.99. The fourth-order valence-corrected chi connectivity index (χ4v) is 1.90. The molecule has 0 bridgehead atoms. The smallest absolute Gasteiger partial charge is 0.0901 e. The molecule has 1 N–H and O–H groups in total. The summed E-state index contributed by atoms with van der Waals surface area (Å²) in [7, 11) is 0. The molecule has 2 nitrogen and oxygen atoms in total. The first kappa shape index (κ1) is 12.4. The predicted octanol–water partition coefficient (Wildman–Crippen LogP) is 3.10. The van der Waals surface area contributed by atoms with Gasteiger partial charge in [-0.05, 0) is 25.5 Å². The van der Waals surface area contributed by atoms with Crippen LogP contribution in [0.3, 0.4) is 0 Å². The van der Waals surface area contributed by atoms with Crippen LogP contribution in [0, 0.1) is 12.8 Å². The van der Waals surface area contributed by atoms with Crippen molar-refractivity contribution in [3.63, 3.8) is 0 Å². The first-order valence-electron chi connectivity index (χ1n) is 5.46. The molecular formula is C12H20N2S. The summed E-state index contributed by atoms with van der Waals surface area (Å²) in [5.41, 5.74) is 2.52. The van der Waals surface area contributed by atoms with Gasteiger partial charge >= 0.3 is 0 Å². The molecule has 0 fully saturated rings. The van der Waals surface area contributed by atoms with Crippen LogP contribution in [0.4, 0.5) is 0 Å². The van der Waals surface area contributed by atoms with Gasteiger partial charge in [0.2, 0.25) is 0 Å². The molecule has 3 heteroatoms. The average molecular weight is 224 g/mol. The Bertz CT molecular complexity index is 326. The molecule has 0 radical (unpaired) electrons. The first-order chi connectivity index (χ1) is 7.13. The lowest BCUT2D eigenvalue weighted by Crippen LogP contribution is -2.18. The SMILES string of the molecule is CCNCC(=Cc1csc(C)n1)C(C)C. The highest BCUT2D eigenvalue weighted by atomic mass is 32.1. The summed E-state index contributed by atoms with van der Waals surface area (Å²) >= 11 is 1.71. The minimum Gasteiger partial charge on any atom is -0.313 e. The van der Waals surface area contributed by atoms with E-state index >= 15 is 0 Å². The summed E-state index contributed by atoms with van der Waals surface area (Å²) in [6.45, 7) is 10.6. The van der Waals surface area contributed by atoms with Crippen LogP contribution in [0.5, 0.6) is 0 Å². The molecular weight excluding hydrogens is 204 g/mol. The van der Waals surface area contributed by atoms with Gasteiger partial charge in [0.05, 0.1) is 10.7 Å². The fourth-order valence-electron chi connectivity index (χ4n) is 1.33. The third-order valence-corrected chi connectivity index (χ3v) is 3.08. The van der Waals surface area contributed by atoms with Crippen molar-refractivity contribution in [2.75, 3.05) is 13.1 Å². The third-order valence-electron chi connectivity index (χ3n) is 2.29. The summed E-state index contributed by atoms with van der Waals surface area (Å²) in [4.78, 5) is 4.46. The van der Waals surface area contributed by atoms with E-state index < -0.39 is 0 Å². The Hall–Kier alpha value is -0.670.